The summed E-state index contributed by atoms with van der Waals surface area (Å²) < 4.78 is 63.5. The van der Waals surface area contributed by atoms with Crippen molar-refractivity contribution < 1.29 is 35.4 Å². The SMILES string of the molecule is Cc1ccc(CN2C(=O)c3ccc(OS(=O)(=O)C(F)(F)F)cc3C2=O)cc1. The summed E-state index contributed by atoms with van der Waals surface area (Å²) in [6.45, 7) is 1.85. The standard InChI is InChI=1S/C17H12F3NO5S/c1-10-2-4-11(5-3-10)9-21-15(22)13-7-6-12(8-14(13)16(21)23)26-27(24,25)17(18,19)20/h2-8H,9H2,1H3. The van der Waals surface area contributed by atoms with Crippen LogP contribution in [-0.2, 0) is 16.7 Å². The molecule has 0 bridgehead atoms. The highest BCUT2D eigenvalue weighted by Crippen LogP contribution is 2.31. The van der Waals surface area contributed by atoms with Crippen LogP contribution >= 0.6 is 0 Å². The Morgan fingerprint density at radius 1 is 0.963 bits per heavy atom. The lowest BCUT2D eigenvalue weighted by molar-refractivity contribution is -0.0500. The number of fused-ring (bicyclic) bond motifs is 1. The molecule has 1 aliphatic heterocycles. The number of carbonyl (C=O) groups excluding carboxylic acids is 2. The van der Waals surface area contributed by atoms with E-state index < -0.39 is 33.2 Å². The maximum absolute atomic E-state index is 12.5. The van der Waals surface area contributed by atoms with Crippen LogP contribution in [0.15, 0.2) is 42.5 Å². The van der Waals surface area contributed by atoms with Crippen LogP contribution in [0.3, 0.4) is 0 Å². The number of amides is 2. The van der Waals surface area contributed by atoms with Gasteiger partial charge in [-0.05, 0) is 30.7 Å². The van der Waals surface area contributed by atoms with Gasteiger partial charge in [0.2, 0.25) is 0 Å². The molecule has 1 aliphatic rings. The molecule has 6 nitrogen and oxygen atoms in total. The van der Waals surface area contributed by atoms with Crippen LogP contribution in [0.1, 0.15) is 31.8 Å². The van der Waals surface area contributed by atoms with Gasteiger partial charge in [0.25, 0.3) is 11.8 Å². The predicted octanol–water partition coefficient (Wildman–Crippen LogP) is 3.02. The van der Waals surface area contributed by atoms with E-state index in [1.165, 1.54) is 0 Å². The van der Waals surface area contributed by atoms with Crippen molar-refractivity contribution in [1.29, 1.82) is 0 Å². The van der Waals surface area contributed by atoms with Crippen molar-refractivity contribution in [2.24, 2.45) is 0 Å². The molecule has 2 amide bonds. The molecule has 3 rings (SSSR count). The van der Waals surface area contributed by atoms with Gasteiger partial charge >= 0.3 is 15.6 Å². The fourth-order valence-electron chi connectivity index (χ4n) is 2.52. The van der Waals surface area contributed by atoms with Crippen molar-refractivity contribution in [2.45, 2.75) is 19.0 Å². The number of halogens is 3. The number of aryl methyl sites for hydroxylation is 1. The second-order valence-electron chi connectivity index (χ2n) is 5.87. The van der Waals surface area contributed by atoms with Crippen LogP contribution in [0.25, 0.3) is 0 Å². The van der Waals surface area contributed by atoms with E-state index in [0.29, 0.717) is 5.56 Å². The lowest BCUT2D eigenvalue weighted by atomic mass is 10.1. The first-order valence-corrected chi connectivity index (χ1v) is 8.97. The molecular formula is C17H12F3NO5S. The number of imide groups is 1. The third kappa shape index (κ3) is 3.52. The van der Waals surface area contributed by atoms with E-state index >= 15 is 0 Å². The molecule has 0 N–H and O–H groups in total. The highest BCUT2D eigenvalue weighted by atomic mass is 32.2. The smallest absolute Gasteiger partial charge is 0.376 e. The molecule has 2 aromatic rings. The fourth-order valence-corrected chi connectivity index (χ4v) is 2.97. The lowest BCUT2D eigenvalue weighted by Crippen LogP contribution is -2.29. The monoisotopic (exact) mass is 399 g/mol. The third-order valence-corrected chi connectivity index (χ3v) is 4.87. The first-order valence-electron chi connectivity index (χ1n) is 7.56. The average Bonchev–Trinajstić information content (AvgIpc) is 2.80. The fraction of sp³-hybridized carbons (Fsp3) is 0.176. The van der Waals surface area contributed by atoms with Crippen LogP contribution in [0.4, 0.5) is 13.2 Å². The van der Waals surface area contributed by atoms with E-state index in [-0.39, 0.29) is 17.7 Å². The zero-order valence-corrected chi connectivity index (χ0v) is 14.6. The Balaban J connectivity index is 1.87. The van der Waals surface area contributed by atoms with Gasteiger partial charge in [0.15, 0.2) is 0 Å². The summed E-state index contributed by atoms with van der Waals surface area (Å²) in [5.41, 5.74) is -4.19. The van der Waals surface area contributed by atoms with E-state index in [4.69, 9.17) is 0 Å². The van der Waals surface area contributed by atoms with Crippen molar-refractivity contribution in [3.05, 3.63) is 64.7 Å². The van der Waals surface area contributed by atoms with Gasteiger partial charge in [0.1, 0.15) is 5.75 Å². The van der Waals surface area contributed by atoms with Gasteiger partial charge in [-0.15, -0.1) is 0 Å². The number of rotatable bonds is 4. The van der Waals surface area contributed by atoms with Crippen LogP contribution in [0.5, 0.6) is 5.75 Å². The van der Waals surface area contributed by atoms with Crippen LogP contribution < -0.4 is 4.18 Å². The van der Waals surface area contributed by atoms with Crippen molar-refractivity contribution >= 4 is 21.9 Å². The quantitative estimate of drug-likeness (QED) is 0.449. The Morgan fingerprint density at radius 2 is 1.56 bits per heavy atom. The molecule has 0 atom stereocenters. The number of hydrogen-bond donors (Lipinski definition) is 0. The zero-order chi connectivity index (χ0) is 20.0. The van der Waals surface area contributed by atoms with E-state index in [2.05, 4.69) is 4.18 Å². The molecule has 10 heteroatoms. The number of carbonyl (C=O) groups is 2. The Bertz CT molecular complexity index is 1030. The van der Waals surface area contributed by atoms with Crippen LogP contribution in [-0.4, -0.2) is 30.6 Å². The second-order valence-corrected chi connectivity index (χ2v) is 7.41. The Morgan fingerprint density at radius 3 is 2.15 bits per heavy atom. The Labute approximate surface area is 152 Å². The average molecular weight is 399 g/mol. The minimum atomic E-state index is -5.88. The molecule has 2 aromatic carbocycles. The molecule has 0 unspecified atom stereocenters. The molecule has 1 heterocycles. The number of benzene rings is 2. The lowest BCUT2D eigenvalue weighted by Gasteiger charge is -2.13. The molecular weight excluding hydrogens is 387 g/mol. The van der Waals surface area contributed by atoms with Crippen molar-refractivity contribution in [3.63, 3.8) is 0 Å². The summed E-state index contributed by atoms with van der Waals surface area (Å²) >= 11 is 0. The van der Waals surface area contributed by atoms with Crippen LogP contribution in [0, 0.1) is 6.92 Å². The van der Waals surface area contributed by atoms with Gasteiger partial charge in [0.05, 0.1) is 17.7 Å². The van der Waals surface area contributed by atoms with Gasteiger partial charge in [-0.1, -0.05) is 29.8 Å². The van der Waals surface area contributed by atoms with E-state index in [9.17, 15) is 31.2 Å². The zero-order valence-electron chi connectivity index (χ0n) is 13.8. The molecule has 142 valence electrons. The predicted molar refractivity (Wildman–Crippen MR) is 87.4 cm³/mol. The number of alkyl halides is 3. The number of hydrogen-bond acceptors (Lipinski definition) is 5. The van der Waals surface area contributed by atoms with Crippen molar-refractivity contribution in [2.75, 3.05) is 0 Å². The topological polar surface area (TPSA) is 80.8 Å². The van der Waals surface area contributed by atoms with Gasteiger partial charge in [-0.25, -0.2) is 0 Å². The van der Waals surface area contributed by atoms with Gasteiger partial charge in [0, 0.05) is 0 Å². The molecule has 0 saturated carbocycles. The molecule has 27 heavy (non-hydrogen) atoms. The third-order valence-electron chi connectivity index (χ3n) is 3.89. The molecule has 0 spiro atoms. The van der Waals surface area contributed by atoms with Crippen LogP contribution in [0.2, 0.25) is 0 Å². The highest BCUT2D eigenvalue weighted by Gasteiger charge is 2.48. The maximum Gasteiger partial charge on any atom is 0.534 e. The Hall–Kier alpha value is -2.88. The number of nitrogens with zero attached hydrogens (tertiary/aromatic N) is 1. The second kappa shape index (κ2) is 6.38. The first kappa shape index (κ1) is 18.9. The summed E-state index contributed by atoms with van der Waals surface area (Å²) in [4.78, 5) is 25.8. The summed E-state index contributed by atoms with van der Waals surface area (Å²) in [7, 11) is -5.88. The normalized spacial score (nSPS) is 14.4. The van der Waals surface area contributed by atoms with E-state index in [0.717, 1.165) is 28.7 Å². The summed E-state index contributed by atoms with van der Waals surface area (Å²) in [5.74, 6) is -2.07. The summed E-state index contributed by atoms with van der Waals surface area (Å²) in [6, 6.07) is 9.86. The summed E-state index contributed by atoms with van der Waals surface area (Å²) in [5, 5.41) is 0. The van der Waals surface area contributed by atoms with Gasteiger partial charge in [-0.3, -0.25) is 14.5 Å². The molecule has 0 saturated heterocycles. The Kier molecular flexibility index (Phi) is 4.46. The van der Waals surface area contributed by atoms with Crippen molar-refractivity contribution in [3.8, 4) is 5.75 Å². The molecule has 0 fully saturated rings. The summed E-state index contributed by atoms with van der Waals surface area (Å²) in [6.07, 6.45) is 0. The largest absolute Gasteiger partial charge is 0.534 e. The van der Waals surface area contributed by atoms with Gasteiger partial charge < -0.3 is 4.18 Å². The molecule has 0 aliphatic carbocycles. The first-order chi connectivity index (χ1) is 12.5. The van der Waals surface area contributed by atoms with Crippen molar-refractivity contribution in [1.82, 2.24) is 4.90 Å². The van der Waals surface area contributed by atoms with Gasteiger partial charge in [-0.2, -0.15) is 21.6 Å². The minimum Gasteiger partial charge on any atom is -0.376 e. The maximum atomic E-state index is 12.5. The molecule has 0 aromatic heterocycles. The van der Waals surface area contributed by atoms with E-state index in [1.54, 1.807) is 24.3 Å². The molecule has 0 radical (unpaired) electrons. The van der Waals surface area contributed by atoms with E-state index in [1.807, 2.05) is 6.92 Å². The highest BCUT2D eigenvalue weighted by molar-refractivity contribution is 7.88. The minimum absolute atomic E-state index is 0.0241.